The largest absolute Gasteiger partial charge is 0.483 e. The van der Waals surface area contributed by atoms with Gasteiger partial charge in [0, 0.05) is 6.54 Å². The summed E-state index contributed by atoms with van der Waals surface area (Å²) in [7, 11) is 0. The summed E-state index contributed by atoms with van der Waals surface area (Å²) in [5, 5.41) is 4.08. The summed E-state index contributed by atoms with van der Waals surface area (Å²) in [6, 6.07) is 5.72. The summed E-state index contributed by atoms with van der Waals surface area (Å²) in [5.74, 6) is 1.49. The van der Waals surface area contributed by atoms with E-state index in [2.05, 4.69) is 10.1 Å². The van der Waals surface area contributed by atoms with Crippen molar-refractivity contribution in [3.05, 3.63) is 35.9 Å². The van der Waals surface area contributed by atoms with Gasteiger partial charge in [0.1, 0.15) is 18.7 Å². The Morgan fingerprint density at radius 3 is 3.00 bits per heavy atom. The molecule has 0 amide bonds. The average molecular weight is 232 g/mol. The highest BCUT2D eigenvalue weighted by Gasteiger charge is 2.05. The second-order valence-electron chi connectivity index (χ2n) is 3.82. The van der Waals surface area contributed by atoms with Gasteiger partial charge >= 0.3 is 0 Å². The van der Waals surface area contributed by atoms with Gasteiger partial charge in [-0.25, -0.2) is 9.67 Å². The number of nitrogens with zero attached hydrogens (tertiary/aromatic N) is 3. The second-order valence-corrected chi connectivity index (χ2v) is 3.82. The smallest absolute Gasteiger partial charge is 0.164 e. The number of nitrogens with two attached hydrogens (primary N) is 1. The van der Waals surface area contributed by atoms with E-state index in [0.29, 0.717) is 18.0 Å². The Balaban J connectivity index is 2.09. The van der Waals surface area contributed by atoms with Gasteiger partial charge in [-0.2, -0.15) is 5.10 Å². The number of benzene rings is 1. The highest BCUT2D eigenvalue weighted by molar-refractivity contribution is 5.53. The minimum absolute atomic E-state index is 0.376. The Labute approximate surface area is 100 Å². The van der Waals surface area contributed by atoms with Gasteiger partial charge in [0.2, 0.25) is 0 Å². The Bertz CT molecular complexity index is 507. The standard InChI is InChI=1S/C12H16N4O/c1-3-16-12(14-8-15-16)7-17-11-6-9(2)4-5-10(11)13/h4-6,8H,3,7,13H2,1-2H3. The van der Waals surface area contributed by atoms with Crippen LogP contribution < -0.4 is 10.5 Å². The van der Waals surface area contributed by atoms with Crippen molar-refractivity contribution in [3.63, 3.8) is 0 Å². The van der Waals surface area contributed by atoms with Crippen molar-refractivity contribution in [1.29, 1.82) is 0 Å². The molecule has 5 heteroatoms. The van der Waals surface area contributed by atoms with E-state index in [4.69, 9.17) is 10.5 Å². The van der Waals surface area contributed by atoms with E-state index in [0.717, 1.165) is 17.9 Å². The summed E-state index contributed by atoms with van der Waals surface area (Å²) in [4.78, 5) is 4.14. The molecule has 0 spiro atoms. The average Bonchev–Trinajstić information content (AvgIpc) is 2.77. The first-order valence-corrected chi connectivity index (χ1v) is 5.56. The number of aryl methyl sites for hydroxylation is 2. The van der Waals surface area contributed by atoms with E-state index in [1.807, 2.05) is 32.0 Å². The number of hydrogen-bond donors (Lipinski definition) is 1. The SMILES string of the molecule is CCn1ncnc1COc1cc(C)ccc1N. The minimum Gasteiger partial charge on any atom is -0.483 e. The molecule has 1 heterocycles. The van der Waals surface area contributed by atoms with Gasteiger partial charge in [-0.1, -0.05) is 6.07 Å². The van der Waals surface area contributed by atoms with Crippen LogP contribution in [0.2, 0.25) is 0 Å². The first kappa shape index (κ1) is 11.4. The third kappa shape index (κ3) is 2.55. The fourth-order valence-corrected chi connectivity index (χ4v) is 1.57. The molecule has 2 N–H and O–H groups in total. The minimum atomic E-state index is 0.376. The van der Waals surface area contributed by atoms with Crippen molar-refractivity contribution >= 4 is 5.69 Å². The van der Waals surface area contributed by atoms with Crippen molar-refractivity contribution < 1.29 is 4.74 Å². The fourth-order valence-electron chi connectivity index (χ4n) is 1.57. The molecule has 0 aliphatic rings. The molecular weight excluding hydrogens is 216 g/mol. The van der Waals surface area contributed by atoms with E-state index in [1.54, 1.807) is 4.68 Å². The molecular formula is C12H16N4O. The molecule has 0 aliphatic heterocycles. The Morgan fingerprint density at radius 1 is 1.41 bits per heavy atom. The fraction of sp³-hybridized carbons (Fsp3) is 0.333. The van der Waals surface area contributed by atoms with Crippen molar-refractivity contribution in [2.24, 2.45) is 0 Å². The van der Waals surface area contributed by atoms with Gasteiger partial charge < -0.3 is 10.5 Å². The maximum absolute atomic E-state index is 5.83. The molecule has 0 saturated heterocycles. The van der Waals surface area contributed by atoms with E-state index >= 15 is 0 Å². The molecule has 0 saturated carbocycles. The van der Waals surface area contributed by atoms with Crippen LogP contribution >= 0.6 is 0 Å². The predicted octanol–water partition coefficient (Wildman–Crippen LogP) is 1.77. The Kier molecular flexibility index (Phi) is 3.27. The monoisotopic (exact) mass is 232 g/mol. The molecule has 5 nitrogen and oxygen atoms in total. The van der Waals surface area contributed by atoms with Crippen LogP contribution in [-0.2, 0) is 13.2 Å². The summed E-state index contributed by atoms with van der Waals surface area (Å²) in [6.07, 6.45) is 1.53. The van der Waals surface area contributed by atoms with Crippen LogP contribution in [0, 0.1) is 6.92 Å². The van der Waals surface area contributed by atoms with Crippen molar-refractivity contribution in [2.75, 3.05) is 5.73 Å². The molecule has 0 unspecified atom stereocenters. The molecule has 0 aliphatic carbocycles. The summed E-state index contributed by atoms with van der Waals surface area (Å²) in [5.41, 5.74) is 7.59. The highest BCUT2D eigenvalue weighted by Crippen LogP contribution is 2.23. The van der Waals surface area contributed by atoms with Gasteiger partial charge in [-0.05, 0) is 31.5 Å². The molecule has 2 aromatic rings. The van der Waals surface area contributed by atoms with Crippen LogP contribution in [0.15, 0.2) is 24.5 Å². The van der Waals surface area contributed by atoms with Crippen LogP contribution in [0.5, 0.6) is 5.75 Å². The maximum atomic E-state index is 5.83. The van der Waals surface area contributed by atoms with E-state index in [-0.39, 0.29) is 0 Å². The molecule has 0 atom stereocenters. The van der Waals surface area contributed by atoms with Gasteiger partial charge in [-0.15, -0.1) is 0 Å². The second kappa shape index (κ2) is 4.86. The normalized spacial score (nSPS) is 10.5. The van der Waals surface area contributed by atoms with Crippen LogP contribution in [0.4, 0.5) is 5.69 Å². The predicted molar refractivity (Wildman–Crippen MR) is 65.6 cm³/mol. The molecule has 0 fully saturated rings. The van der Waals surface area contributed by atoms with Crippen molar-refractivity contribution in [3.8, 4) is 5.75 Å². The number of ether oxygens (including phenoxy) is 1. The number of rotatable bonds is 4. The lowest BCUT2D eigenvalue weighted by molar-refractivity contribution is 0.288. The third-order valence-electron chi connectivity index (χ3n) is 2.52. The lowest BCUT2D eigenvalue weighted by atomic mass is 10.2. The first-order chi connectivity index (χ1) is 8.20. The van der Waals surface area contributed by atoms with Gasteiger partial charge in [0.25, 0.3) is 0 Å². The molecule has 1 aromatic heterocycles. The van der Waals surface area contributed by atoms with E-state index < -0.39 is 0 Å². The van der Waals surface area contributed by atoms with Crippen LogP contribution in [0.1, 0.15) is 18.3 Å². The number of nitrogen functional groups attached to an aromatic ring is 1. The molecule has 2 rings (SSSR count). The lowest BCUT2D eigenvalue weighted by Crippen LogP contribution is -2.08. The molecule has 1 aromatic carbocycles. The van der Waals surface area contributed by atoms with E-state index in [9.17, 15) is 0 Å². The summed E-state index contributed by atoms with van der Waals surface area (Å²) in [6.45, 7) is 5.17. The Morgan fingerprint density at radius 2 is 2.24 bits per heavy atom. The summed E-state index contributed by atoms with van der Waals surface area (Å²) >= 11 is 0. The zero-order valence-electron chi connectivity index (χ0n) is 10.1. The maximum Gasteiger partial charge on any atom is 0.164 e. The number of hydrogen-bond acceptors (Lipinski definition) is 4. The van der Waals surface area contributed by atoms with Crippen molar-refractivity contribution in [2.45, 2.75) is 27.0 Å². The number of aromatic nitrogens is 3. The topological polar surface area (TPSA) is 66.0 Å². The van der Waals surface area contributed by atoms with Crippen LogP contribution in [0.3, 0.4) is 0 Å². The quantitative estimate of drug-likeness (QED) is 0.816. The molecule has 90 valence electrons. The summed E-state index contributed by atoms with van der Waals surface area (Å²) < 4.78 is 7.45. The zero-order chi connectivity index (χ0) is 12.3. The van der Waals surface area contributed by atoms with Crippen LogP contribution in [0.25, 0.3) is 0 Å². The lowest BCUT2D eigenvalue weighted by Gasteiger charge is -2.09. The molecule has 17 heavy (non-hydrogen) atoms. The number of anilines is 1. The molecule has 0 radical (unpaired) electrons. The van der Waals surface area contributed by atoms with Gasteiger partial charge in [-0.3, -0.25) is 0 Å². The van der Waals surface area contributed by atoms with Crippen molar-refractivity contribution in [1.82, 2.24) is 14.8 Å². The first-order valence-electron chi connectivity index (χ1n) is 5.56. The zero-order valence-corrected chi connectivity index (χ0v) is 10.1. The van der Waals surface area contributed by atoms with Crippen LogP contribution in [-0.4, -0.2) is 14.8 Å². The Hall–Kier alpha value is -2.04. The molecule has 0 bridgehead atoms. The third-order valence-corrected chi connectivity index (χ3v) is 2.52. The van der Waals surface area contributed by atoms with E-state index in [1.165, 1.54) is 6.33 Å². The van der Waals surface area contributed by atoms with Gasteiger partial charge in [0.05, 0.1) is 5.69 Å². The highest BCUT2D eigenvalue weighted by atomic mass is 16.5. The van der Waals surface area contributed by atoms with Gasteiger partial charge in [0.15, 0.2) is 5.82 Å².